The van der Waals surface area contributed by atoms with Crippen LogP contribution < -0.4 is 4.74 Å². The Balaban J connectivity index is 0.00000128. The van der Waals surface area contributed by atoms with Crippen molar-refractivity contribution in [3.05, 3.63) is 44.0 Å². The van der Waals surface area contributed by atoms with Crippen molar-refractivity contribution in [3.8, 4) is 5.75 Å². The van der Waals surface area contributed by atoms with Crippen LogP contribution in [-0.4, -0.2) is 9.78 Å². The Morgan fingerprint density at radius 3 is 2.69 bits per heavy atom. The molecule has 16 heavy (non-hydrogen) atoms. The fraction of sp³-hybridized carbons (Fsp3) is 0. The summed E-state index contributed by atoms with van der Waals surface area (Å²) in [6.07, 6.45) is 1.73. The summed E-state index contributed by atoms with van der Waals surface area (Å²) in [6.45, 7) is 0. The number of hydrogen-bond donors (Lipinski definition) is 0. The minimum absolute atomic E-state index is 0. The van der Waals surface area contributed by atoms with Gasteiger partial charge in [-0.25, -0.2) is 0 Å². The molecule has 0 unspecified atom stereocenters. The van der Waals surface area contributed by atoms with Gasteiger partial charge < -0.3 is 7.43 Å². The number of halogens is 2. The summed E-state index contributed by atoms with van der Waals surface area (Å²) >= 11 is -1.89. The third-order valence-electron chi connectivity index (χ3n) is 1.83. The first-order valence-electron chi connectivity index (χ1n) is 4.09. The van der Waals surface area contributed by atoms with E-state index in [2.05, 4.69) is 4.98 Å². The van der Waals surface area contributed by atoms with Crippen LogP contribution >= 0.6 is 19.4 Å². The van der Waals surface area contributed by atoms with Gasteiger partial charge in [-0.2, -0.15) is 0 Å². The van der Waals surface area contributed by atoms with Gasteiger partial charge >= 0.3 is 101 Å². The Bertz CT molecular complexity index is 507. The van der Waals surface area contributed by atoms with Gasteiger partial charge in [0, 0.05) is 0 Å². The van der Waals surface area contributed by atoms with Crippen molar-refractivity contribution in [1.82, 2.24) is 4.98 Å². The third-order valence-corrected chi connectivity index (χ3v) is 3.09. The van der Waals surface area contributed by atoms with Crippen LogP contribution in [-0.2, 0) is 13.5 Å². The van der Waals surface area contributed by atoms with E-state index in [-0.39, 0.29) is 7.43 Å². The van der Waals surface area contributed by atoms with Gasteiger partial charge in [0.2, 0.25) is 0 Å². The number of benzene rings is 1. The molecule has 0 spiro atoms. The molecule has 0 radical (unpaired) electrons. The SMILES string of the molecule is [CH3-].[Cl][Ru]([Cl])=[CH]Oc1cccc2cccnc12. The first kappa shape index (κ1) is 13.6. The predicted molar refractivity (Wildman–Crippen MR) is 66.6 cm³/mol. The average molecular weight is 344 g/mol. The summed E-state index contributed by atoms with van der Waals surface area (Å²) in [5.74, 6) is 0.688. The van der Waals surface area contributed by atoms with E-state index in [9.17, 15) is 0 Å². The minimum atomic E-state index is -1.89. The van der Waals surface area contributed by atoms with Crippen molar-refractivity contribution in [2.45, 2.75) is 0 Å². The molecule has 0 saturated carbocycles. The van der Waals surface area contributed by atoms with Crippen LogP contribution in [0.2, 0.25) is 0 Å². The Labute approximate surface area is 108 Å². The van der Waals surface area contributed by atoms with E-state index in [1.54, 1.807) is 6.20 Å². The zero-order chi connectivity index (χ0) is 10.7. The van der Waals surface area contributed by atoms with Crippen molar-refractivity contribution in [2.75, 3.05) is 0 Å². The van der Waals surface area contributed by atoms with Gasteiger partial charge in [0.05, 0.1) is 0 Å². The fourth-order valence-electron chi connectivity index (χ4n) is 1.25. The predicted octanol–water partition coefficient (Wildman–Crippen LogP) is 3.75. The van der Waals surface area contributed by atoms with Crippen molar-refractivity contribution < 1.29 is 18.3 Å². The molecule has 5 heteroatoms. The molecular weight excluding hydrogens is 334 g/mol. The standard InChI is InChI=1S/C10H7NO.CH3.2ClH.Ru/c1-12-9-6-2-4-8-5-3-7-11-10(8)9;;;;/h1-7H;1H3;2*1H;/q;-1;;;+2/p-2. The molecule has 0 aliphatic rings. The first-order valence-corrected chi connectivity index (χ1v) is 9.57. The number of aromatic nitrogens is 1. The van der Waals surface area contributed by atoms with Crippen LogP contribution in [0.4, 0.5) is 0 Å². The molecule has 1 aromatic heterocycles. The van der Waals surface area contributed by atoms with Gasteiger partial charge in [0.25, 0.3) is 0 Å². The number of fused-ring (bicyclic) bond motifs is 1. The van der Waals surface area contributed by atoms with Crippen molar-refractivity contribution >= 4 is 35.1 Å². The van der Waals surface area contributed by atoms with Gasteiger partial charge in [-0.3, -0.25) is 0 Å². The molecule has 2 nitrogen and oxygen atoms in total. The molecule has 0 saturated heterocycles. The summed E-state index contributed by atoms with van der Waals surface area (Å²) < 4.78 is 5.39. The second-order valence-corrected chi connectivity index (χ2v) is 8.37. The molecule has 0 fully saturated rings. The molecule has 0 aliphatic heterocycles. The zero-order valence-corrected chi connectivity index (χ0v) is 11.8. The van der Waals surface area contributed by atoms with Crippen molar-refractivity contribution in [1.29, 1.82) is 0 Å². The molecule has 0 bridgehead atoms. The van der Waals surface area contributed by atoms with Gasteiger partial charge in [-0.05, 0) is 0 Å². The second-order valence-electron chi connectivity index (χ2n) is 2.74. The maximum atomic E-state index is 5.69. The summed E-state index contributed by atoms with van der Waals surface area (Å²) in [5.41, 5.74) is 0.819. The summed E-state index contributed by atoms with van der Waals surface area (Å²) in [4.78, 5) is 5.74. The van der Waals surface area contributed by atoms with Crippen molar-refractivity contribution in [2.24, 2.45) is 0 Å². The van der Waals surface area contributed by atoms with Crippen LogP contribution in [0.3, 0.4) is 0 Å². The van der Waals surface area contributed by atoms with E-state index >= 15 is 0 Å². The van der Waals surface area contributed by atoms with Gasteiger partial charge in [-0.15, -0.1) is 0 Å². The summed E-state index contributed by atoms with van der Waals surface area (Å²) in [5, 5.41) is 1.03. The maximum absolute atomic E-state index is 5.69. The normalized spacial score (nSPS) is 10.5. The van der Waals surface area contributed by atoms with Crippen LogP contribution in [0.25, 0.3) is 10.9 Å². The molecule has 2 aromatic rings. The Hall–Kier alpha value is -0.497. The van der Waals surface area contributed by atoms with Gasteiger partial charge in [-0.1, -0.05) is 0 Å². The zero-order valence-electron chi connectivity index (χ0n) is 8.51. The number of ether oxygens (including phenoxy) is 1. The molecule has 1 heterocycles. The van der Waals surface area contributed by atoms with E-state index in [1.807, 2.05) is 30.3 Å². The molecule has 0 aliphatic carbocycles. The van der Waals surface area contributed by atoms with Crippen LogP contribution in [0, 0.1) is 7.43 Å². The number of rotatable bonds is 2. The number of pyridine rings is 1. The molecule has 1 aromatic carbocycles. The number of hydrogen-bond acceptors (Lipinski definition) is 2. The second kappa shape index (κ2) is 6.29. The molecule has 0 N–H and O–H groups in total. The molecular formula is C11H10Cl2NORu-. The van der Waals surface area contributed by atoms with E-state index in [0.29, 0.717) is 5.75 Å². The first-order chi connectivity index (χ1) is 7.27. The van der Waals surface area contributed by atoms with Gasteiger partial charge in [0.1, 0.15) is 0 Å². The summed E-state index contributed by atoms with van der Waals surface area (Å²) in [6, 6.07) is 9.60. The average Bonchev–Trinajstić information content (AvgIpc) is 2.26. The van der Waals surface area contributed by atoms with Gasteiger partial charge in [0.15, 0.2) is 0 Å². The van der Waals surface area contributed by atoms with E-state index in [4.69, 9.17) is 24.1 Å². The molecule has 88 valence electrons. The van der Waals surface area contributed by atoms with E-state index < -0.39 is 13.5 Å². The fourth-order valence-corrected chi connectivity index (χ4v) is 2.00. The van der Waals surface area contributed by atoms with Crippen LogP contribution in [0.1, 0.15) is 0 Å². The van der Waals surface area contributed by atoms with Crippen LogP contribution in [0.5, 0.6) is 5.75 Å². The molecule has 0 amide bonds. The van der Waals surface area contributed by atoms with E-state index in [1.165, 1.54) is 4.80 Å². The Kier molecular flexibility index (Phi) is 5.33. The number of para-hydroxylation sites is 1. The van der Waals surface area contributed by atoms with Crippen LogP contribution in [0.15, 0.2) is 36.5 Å². The van der Waals surface area contributed by atoms with Crippen molar-refractivity contribution in [3.63, 3.8) is 0 Å². The quantitative estimate of drug-likeness (QED) is 0.612. The Morgan fingerprint density at radius 2 is 1.94 bits per heavy atom. The third kappa shape index (κ3) is 3.25. The topological polar surface area (TPSA) is 22.1 Å². The molecule has 2 rings (SSSR count). The number of nitrogens with zero attached hydrogens (tertiary/aromatic N) is 1. The molecule has 0 atom stereocenters. The summed E-state index contributed by atoms with van der Waals surface area (Å²) in [7, 11) is 11.4. The van der Waals surface area contributed by atoms with E-state index in [0.717, 1.165) is 10.9 Å². The monoisotopic (exact) mass is 344 g/mol. The Morgan fingerprint density at radius 1 is 1.19 bits per heavy atom.